The molecule has 4 rings (SSSR count). The summed E-state index contributed by atoms with van der Waals surface area (Å²) in [6, 6.07) is 7.70. The van der Waals surface area contributed by atoms with Gasteiger partial charge in [-0.05, 0) is 43.5 Å². The molecule has 0 spiro atoms. The van der Waals surface area contributed by atoms with Gasteiger partial charge in [-0.2, -0.15) is 26.3 Å². The molecule has 0 radical (unpaired) electrons. The number of aliphatic hydroxyl groups excluding tert-OH is 1. The van der Waals surface area contributed by atoms with Crippen LogP contribution in [0.25, 0.3) is 21.6 Å². The topological polar surface area (TPSA) is 46.3 Å². The summed E-state index contributed by atoms with van der Waals surface area (Å²) < 4.78 is 93.6. The van der Waals surface area contributed by atoms with Gasteiger partial charge in [-0.25, -0.2) is 0 Å². The van der Waals surface area contributed by atoms with Gasteiger partial charge >= 0.3 is 17.8 Å². The van der Waals surface area contributed by atoms with Crippen molar-refractivity contribution in [1.29, 1.82) is 0 Å². The maximum atomic E-state index is 15.0. The second-order valence-corrected chi connectivity index (χ2v) is 8.86. The number of alkyl halides is 6. The Kier molecular flexibility index (Phi) is 5.09. The zero-order valence-corrected chi connectivity index (χ0v) is 17.9. The molecule has 0 aliphatic heterocycles. The van der Waals surface area contributed by atoms with Crippen LogP contribution in [0.2, 0.25) is 0 Å². The van der Waals surface area contributed by atoms with E-state index in [1.165, 1.54) is 26.8 Å². The molecule has 2 aromatic heterocycles. The first-order valence-electron chi connectivity index (χ1n) is 9.47. The Labute approximate surface area is 183 Å². The second kappa shape index (κ2) is 7.21. The van der Waals surface area contributed by atoms with Crippen LogP contribution < -0.4 is 0 Å². The smallest absolute Gasteiger partial charge is 0.380 e. The highest BCUT2D eigenvalue weighted by atomic mass is 32.1. The summed E-state index contributed by atoms with van der Waals surface area (Å²) in [5.74, 6) is -16.2. The molecule has 10 heteroatoms. The number of nitrogens with zero attached hydrogens (tertiary/aromatic N) is 1. The van der Waals surface area contributed by atoms with Crippen LogP contribution in [0.4, 0.5) is 26.3 Å². The number of rotatable bonds is 4. The monoisotopic (exact) mass is 473 g/mol. The largest absolute Gasteiger partial charge is 0.392 e. The summed E-state index contributed by atoms with van der Waals surface area (Å²) in [5, 5.41) is 12.7. The van der Waals surface area contributed by atoms with Gasteiger partial charge in [0.2, 0.25) is 0 Å². The molecule has 1 N–H and O–H groups in total. The molecule has 32 heavy (non-hydrogen) atoms. The fourth-order valence-corrected chi connectivity index (χ4v) is 4.93. The summed E-state index contributed by atoms with van der Waals surface area (Å²) in [6.45, 7) is 3.66. The van der Waals surface area contributed by atoms with Gasteiger partial charge in [-0.1, -0.05) is 29.4 Å². The van der Waals surface area contributed by atoms with Crippen molar-refractivity contribution in [1.82, 2.24) is 5.16 Å². The van der Waals surface area contributed by atoms with Crippen LogP contribution in [-0.4, -0.2) is 28.0 Å². The lowest BCUT2D eigenvalue weighted by atomic mass is 9.93. The van der Waals surface area contributed by atoms with Crippen LogP contribution in [0.3, 0.4) is 0 Å². The summed E-state index contributed by atoms with van der Waals surface area (Å²) in [5.41, 5.74) is -2.81. The predicted octanol–water partition coefficient (Wildman–Crippen LogP) is 6.65. The van der Waals surface area contributed by atoms with Crippen LogP contribution in [0, 0.1) is 20.8 Å². The third-order valence-corrected chi connectivity index (χ3v) is 6.66. The van der Waals surface area contributed by atoms with E-state index in [0.717, 1.165) is 11.3 Å². The number of aliphatic hydroxyl groups is 1. The molecule has 0 atom stereocenters. The Balaban J connectivity index is 2.00. The zero-order chi connectivity index (χ0) is 23.6. The highest BCUT2D eigenvalue weighted by molar-refractivity contribution is 7.15. The van der Waals surface area contributed by atoms with Crippen LogP contribution >= 0.6 is 11.3 Å². The SMILES string of the molecule is Cc1noc(C)c1C1=C(c2cc(-c3ccc(CO)cc3)sc2C)C(F)(F)C(F)(F)C1(F)F. The minimum Gasteiger partial charge on any atom is -0.392 e. The van der Waals surface area contributed by atoms with E-state index in [1.807, 2.05) is 0 Å². The van der Waals surface area contributed by atoms with Gasteiger partial charge < -0.3 is 9.63 Å². The van der Waals surface area contributed by atoms with E-state index in [1.54, 1.807) is 24.3 Å². The number of allylic oxidation sites excluding steroid dienone is 2. The number of hydrogen-bond donors (Lipinski definition) is 1. The lowest BCUT2D eigenvalue weighted by Gasteiger charge is -2.25. The molecular formula is C22H17F6NO2S. The van der Waals surface area contributed by atoms with Crippen molar-refractivity contribution in [2.24, 2.45) is 0 Å². The summed E-state index contributed by atoms with van der Waals surface area (Å²) in [4.78, 5) is 0.612. The molecule has 0 fully saturated rings. The first-order chi connectivity index (χ1) is 14.8. The molecule has 1 aromatic carbocycles. The highest BCUT2D eigenvalue weighted by Gasteiger charge is 2.80. The molecule has 3 nitrogen and oxygen atoms in total. The van der Waals surface area contributed by atoms with Crippen molar-refractivity contribution in [3.05, 3.63) is 63.4 Å². The van der Waals surface area contributed by atoms with Crippen LogP contribution in [0.1, 0.15) is 33.0 Å². The molecule has 0 unspecified atom stereocenters. The summed E-state index contributed by atoms with van der Waals surface area (Å²) in [6.07, 6.45) is 0. The average molecular weight is 473 g/mol. The van der Waals surface area contributed by atoms with Crippen molar-refractivity contribution in [3.8, 4) is 10.4 Å². The first kappa shape index (κ1) is 22.6. The molecule has 0 amide bonds. The first-order valence-corrected chi connectivity index (χ1v) is 10.3. The normalized spacial score (nSPS) is 19.1. The van der Waals surface area contributed by atoms with E-state index < -0.39 is 34.5 Å². The van der Waals surface area contributed by atoms with Crippen LogP contribution in [0.5, 0.6) is 0 Å². The molecule has 0 bridgehead atoms. The maximum absolute atomic E-state index is 15.0. The zero-order valence-electron chi connectivity index (χ0n) is 17.1. The van der Waals surface area contributed by atoms with E-state index >= 15 is 8.78 Å². The summed E-state index contributed by atoms with van der Waals surface area (Å²) >= 11 is 1.02. The van der Waals surface area contributed by atoms with E-state index in [0.29, 0.717) is 16.0 Å². The van der Waals surface area contributed by atoms with Crippen LogP contribution in [-0.2, 0) is 6.61 Å². The van der Waals surface area contributed by atoms with Crippen molar-refractivity contribution in [3.63, 3.8) is 0 Å². The van der Waals surface area contributed by atoms with Crippen molar-refractivity contribution in [2.75, 3.05) is 0 Å². The quantitative estimate of drug-likeness (QED) is 0.432. The van der Waals surface area contributed by atoms with Gasteiger partial charge in [0.25, 0.3) is 0 Å². The van der Waals surface area contributed by atoms with E-state index in [-0.39, 0.29) is 28.5 Å². The molecule has 170 valence electrons. The lowest BCUT2D eigenvalue weighted by Crippen LogP contribution is -2.49. The lowest BCUT2D eigenvalue weighted by molar-refractivity contribution is -0.254. The van der Waals surface area contributed by atoms with Crippen molar-refractivity contribution >= 4 is 22.5 Å². The second-order valence-electron chi connectivity index (χ2n) is 7.61. The van der Waals surface area contributed by atoms with Crippen LogP contribution in [0.15, 0.2) is 34.9 Å². The Morgan fingerprint density at radius 3 is 2.06 bits per heavy atom. The Hall–Kier alpha value is -2.59. The number of hydrogen-bond acceptors (Lipinski definition) is 4. The fourth-order valence-electron chi connectivity index (χ4n) is 3.90. The Morgan fingerprint density at radius 1 is 0.938 bits per heavy atom. The number of aryl methyl sites for hydroxylation is 3. The van der Waals surface area contributed by atoms with E-state index in [2.05, 4.69) is 5.16 Å². The average Bonchev–Trinajstić information content (AvgIpc) is 3.29. The standard InChI is InChI=1S/C22H17F6NO2S/c1-10-17(11(2)31-29-10)19-18(20(23,24)22(27,28)21(19,25)26)15-8-16(32-12(15)3)14-6-4-13(9-30)5-7-14/h4-8,30H,9H2,1-3H3. The van der Waals surface area contributed by atoms with Gasteiger partial charge in [-0.15, -0.1) is 11.3 Å². The molecule has 3 aromatic rings. The van der Waals surface area contributed by atoms with Gasteiger partial charge in [0.05, 0.1) is 17.9 Å². The third kappa shape index (κ3) is 2.96. The van der Waals surface area contributed by atoms with Crippen molar-refractivity contribution < 1.29 is 36.0 Å². The molecule has 1 aliphatic carbocycles. The Morgan fingerprint density at radius 2 is 1.53 bits per heavy atom. The number of aromatic nitrogens is 1. The maximum Gasteiger partial charge on any atom is 0.380 e. The van der Waals surface area contributed by atoms with Gasteiger partial charge in [-0.3, -0.25) is 0 Å². The highest BCUT2D eigenvalue weighted by Crippen LogP contribution is 2.65. The summed E-state index contributed by atoms with van der Waals surface area (Å²) in [7, 11) is 0. The third-order valence-electron chi connectivity index (χ3n) is 5.56. The van der Waals surface area contributed by atoms with Gasteiger partial charge in [0.15, 0.2) is 0 Å². The number of halogens is 6. The molecular weight excluding hydrogens is 456 g/mol. The number of benzene rings is 1. The number of thiophene rings is 1. The van der Waals surface area contributed by atoms with E-state index in [4.69, 9.17) is 9.63 Å². The molecule has 0 saturated heterocycles. The minimum atomic E-state index is -5.64. The molecule has 1 aliphatic rings. The van der Waals surface area contributed by atoms with Crippen molar-refractivity contribution in [2.45, 2.75) is 45.1 Å². The molecule has 0 saturated carbocycles. The Bertz CT molecular complexity index is 1200. The fraction of sp³-hybridized carbons (Fsp3) is 0.318. The predicted molar refractivity (Wildman–Crippen MR) is 108 cm³/mol. The van der Waals surface area contributed by atoms with Gasteiger partial charge in [0, 0.05) is 20.9 Å². The minimum absolute atomic E-state index is 0.179. The molecule has 2 heterocycles. The van der Waals surface area contributed by atoms with E-state index in [9.17, 15) is 17.6 Å². The van der Waals surface area contributed by atoms with Gasteiger partial charge in [0.1, 0.15) is 5.76 Å².